The van der Waals surface area contributed by atoms with Gasteiger partial charge in [-0.3, -0.25) is 4.79 Å². The number of ether oxygens (including phenoxy) is 1. The molecule has 0 saturated heterocycles. The average molecular weight is 389 g/mol. The molecule has 0 heterocycles. The molecular weight excluding hydrogens is 360 g/mol. The second-order valence-corrected chi connectivity index (χ2v) is 9.17. The highest BCUT2D eigenvalue weighted by atomic mass is 35.5. The van der Waals surface area contributed by atoms with Crippen molar-refractivity contribution in [2.75, 3.05) is 0 Å². The standard InChI is InChI=1S/C23H29ClO3/c1-4-23-12-11-18-17-8-6-16(26)13-15(17)5-7-19(18)20(23)9-10-21(24)22(23,3)27-14(2)25/h6,8,10,13,18-20,26H,4-5,7,9,11-12H2,1-3H3/t18-,19-,20+,22+,23+/m1/s1. The van der Waals surface area contributed by atoms with Crippen LogP contribution in [-0.2, 0) is 16.0 Å². The van der Waals surface area contributed by atoms with Crippen LogP contribution in [0.5, 0.6) is 5.75 Å². The molecule has 1 N–H and O–H groups in total. The highest BCUT2D eigenvalue weighted by Crippen LogP contribution is 2.65. The molecule has 5 atom stereocenters. The first-order valence-corrected chi connectivity index (χ1v) is 10.6. The van der Waals surface area contributed by atoms with E-state index in [4.69, 9.17) is 16.3 Å². The number of halogens is 1. The zero-order chi connectivity index (χ0) is 19.4. The fourth-order valence-electron chi connectivity index (χ4n) is 6.65. The Balaban J connectivity index is 1.77. The maximum atomic E-state index is 11.9. The normalized spacial score (nSPS) is 37.5. The minimum atomic E-state index is -0.738. The molecule has 4 heteroatoms. The number of phenolic OH excluding ortho intramolecular Hbond substituents is 1. The fraction of sp³-hybridized carbons (Fsp3) is 0.609. The van der Waals surface area contributed by atoms with Crippen molar-refractivity contribution in [2.24, 2.45) is 17.3 Å². The Morgan fingerprint density at radius 3 is 2.85 bits per heavy atom. The van der Waals surface area contributed by atoms with Gasteiger partial charge < -0.3 is 9.84 Å². The number of phenols is 1. The van der Waals surface area contributed by atoms with Gasteiger partial charge in [-0.15, -0.1) is 0 Å². The van der Waals surface area contributed by atoms with E-state index in [2.05, 4.69) is 19.1 Å². The summed E-state index contributed by atoms with van der Waals surface area (Å²) in [7, 11) is 0. The second-order valence-electron chi connectivity index (χ2n) is 8.76. The monoisotopic (exact) mass is 388 g/mol. The van der Waals surface area contributed by atoms with Gasteiger partial charge in [-0.1, -0.05) is 30.7 Å². The van der Waals surface area contributed by atoms with Gasteiger partial charge >= 0.3 is 5.97 Å². The fourth-order valence-corrected chi connectivity index (χ4v) is 6.97. The lowest BCUT2D eigenvalue weighted by molar-refractivity contribution is -0.182. The van der Waals surface area contributed by atoms with E-state index in [9.17, 15) is 9.90 Å². The van der Waals surface area contributed by atoms with Crippen LogP contribution < -0.4 is 0 Å². The molecule has 1 aromatic carbocycles. The van der Waals surface area contributed by atoms with Crippen molar-refractivity contribution >= 4 is 17.6 Å². The third-order valence-corrected chi connectivity index (χ3v) is 8.37. The van der Waals surface area contributed by atoms with E-state index in [1.54, 1.807) is 0 Å². The molecule has 0 radical (unpaired) electrons. The molecule has 3 aliphatic rings. The average Bonchev–Trinajstić information content (AvgIpc) is 2.63. The molecule has 27 heavy (non-hydrogen) atoms. The summed E-state index contributed by atoms with van der Waals surface area (Å²) in [4.78, 5) is 11.9. The van der Waals surface area contributed by atoms with E-state index in [0.717, 1.165) is 38.5 Å². The number of aromatic hydroxyl groups is 1. The smallest absolute Gasteiger partial charge is 0.303 e. The number of aryl methyl sites for hydroxylation is 1. The molecule has 0 spiro atoms. The minimum Gasteiger partial charge on any atom is -0.508 e. The minimum absolute atomic E-state index is 0.111. The predicted molar refractivity (Wildman–Crippen MR) is 107 cm³/mol. The van der Waals surface area contributed by atoms with Gasteiger partial charge in [0.15, 0.2) is 5.60 Å². The molecule has 1 fully saturated rings. The van der Waals surface area contributed by atoms with Crippen molar-refractivity contribution in [3.05, 3.63) is 40.4 Å². The van der Waals surface area contributed by atoms with Crippen LogP contribution in [0.15, 0.2) is 29.3 Å². The zero-order valence-electron chi connectivity index (χ0n) is 16.4. The Bertz CT molecular complexity index is 801. The summed E-state index contributed by atoms with van der Waals surface area (Å²) in [5.74, 6) is 1.64. The number of carbonyl (C=O) groups is 1. The third kappa shape index (κ3) is 2.65. The molecule has 146 valence electrons. The molecule has 0 unspecified atom stereocenters. The lowest BCUT2D eigenvalue weighted by atomic mass is 9.46. The van der Waals surface area contributed by atoms with Gasteiger partial charge in [0.25, 0.3) is 0 Å². The van der Waals surface area contributed by atoms with Crippen LogP contribution in [-0.4, -0.2) is 16.7 Å². The molecular formula is C23H29ClO3. The highest BCUT2D eigenvalue weighted by molar-refractivity contribution is 6.31. The Morgan fingerprint density at radius 1 is 1.37 bits per heavy atom. The largest absolute Gasteiger partial charge is 0.508 e. The van der Waals surface area contributed by atoms with Gasteiger partial charge in [-0.05, 0) is 86.5 Å². The van der Waals surface area contributed by atoms with Crippen molar-refractivity contribution in [1.29, 1.82) is 0 Å². The SMILES string of the molecule is CC[C@]12CC[C@@H]3c4ccc(O)cc4CC[C@H]3[C@@H]1CC=C(Cl)[C@]2(C)OC(C)=O. The first kappa shape index (κ1) is 18.9. The summed E-state index contributed by atoms with van der Waals surface area (Å²) in [6.07, 6.45) is 8.21. The lowest BCUT2D eigenvalue weighted by Gasteiger charge is -2.61. The molecule has 0 aromatic heterocycles. The maximum absolute atomic E-state index is 11.9. The Kier molecular flexibility index (Phi) is 4.57. The van der Waals surface area contributed by atoms with Crippen LogP contribution in [0, 0.1) is 17.3 Å². The van der Waals surface area contributed by atoms with Crippen molar-refractivity contribution in [1.82, 2.24) is 0 Å². The molecule has 3 aliphatic carbocycles. The van der Waals surface area contributed by atoms with Crippen LogP contribution in [0.2, 0.25) is 0 Å². The van der Waals surface area contributed by atoms with Gasteiger partial charge in [0.2, 0.25) is 0 Å². The van der Waals surface area contributed by atoms with Crippen molar-refractivity contribution in [3.63, 3.8) is 0 Å². The molecule has 4 rings (SSSR count). The van der Waals surface area contributed by atoms with Crippen molar-refractivity contribution < 1.29 is 14.6 Å². The van der Waals surface area contributed by atoms with E-state index < -0.39 is 5.60 Å². The van der Waals surface area contributed by atoms with Crippen LogP contribution >= 0.6 is 11.6 Å². The maximum Gasteiger partial charge on any atom is 0.303 e. The van der Waals surface area contributed by atoms with E-state index >= 15 is 0 Å². The number of allylic oxidation sites excluding steroid dienone is 1. The van der Waals surface area contributed by atoms with Crippen LogP contribution in [0.25, 0.3) is 0 Å². The van der Waals surface area contributed by atoms with E-state index in [1.165, 1.54) is 18.1 Å². The Morgan fingerprint density at radius 2 is 2.15 bits per heavy atom. The highest BCUT2D eigenvalue weighted by Gasteiger charge is 2.62. The molecule has 1 saturated carbocycles. The van der Waals surface area contributed by atoms with Crippen LogP contribution in [0.1, 0.15) is 69.9 Å². The number of rotatable bonds is 2. The quantitative estimate of drug-likeness (QED) is 0.661. The van der Waals surface area contributed by atoms with E-state index in [-0.39, 0.29) is 11.4 Å². The summed E-state index contributed by atoms with van der Waals surface area (Å²) in [5, 5.41) is 10.6. The molecule has 3 nitrogen and oxygen atoms in total. The van der Waals surface area contributed by atoms with Crippen molar-refractivity contribution in [2.45, 2.75) is 70.8 Å². The van der Waals surface area contributed by atoms with Gasteiger partial charge in [-0.25, -0.2) is 0 Å². The first-order chi connectivity index (χ1) is 12.8. The predicted octanol–water partition coefficient (Wildman–Crippen LogP) is 5.69. The molecule has 0 aliphatic heterocycles. The number of hydrogen-bond donors (Lipinski definition) is 1. The first-order valence-electron chi connectivity index (χ1n) is 10.2. The van der Waals surface area contributed by atoms with Gasteiger partial charge in [0.1, 0.15) is 5.75 Å². The number of carbonyl (C=O) groups excluding carboxylic acids is 1. The number of esters is 1. The van der Waals surface area contributed by atoms with E-state index in [1.807, 2.05) is 19.1 Å². The summed E-state index contributed by atoms with van der Waals surface area (Å²) >= 11 is 6.69. The lowest BCUT2D eigenvalue weighted by Crippen LogP contribution is -2.59. The third-order valence-electron chi connectivity index (χ3n) is 7.85. The van der Waals surface area contributed by atoms with Crippen LogP contribution in [0.4, 0.5) is 0 Å². The number of hydrogen-bond acceptors (Lipinski definition) is 3. The molecule has 0 bridgehead atoms. The molecule has 1 aromatic rings. The summed E-state index contributed by atoms with van der Waals surface area (Å²) < 4.78 is 5.95. The molecule has 0 amide bonds. The topological polar surface area (TPSA) is 46.5 Å². The van der Waals surface area contributed by atoms with Gasteiger partial charge in [0.05, 0.1) is 5.03 Å². The summed E-state index contributed by atoms with van der Waals surface area (Å²) in [6.45, 7) is 5.73. The second kappa shape index (κ2) is 6.55. The number of benzene rings is 1. The summed E-state index contributed by atoms with van der Waals surface area (Å²) in [6, 6.07) is 5.88. The van der Waals surface area contributed by atoms with Crippen molar-refractivity contribution in [3.8, 4) is 5.75 Å². The van der Waals surface area contributed by atoms with Gasteiger partial charge in [0, 0.05) is 12.3 Å². The Hall–Kier alpha value is -1.48. The van der Waals surface area contributed by atoms with Gasteiger partial charge in [-0.2, -0.15) is 0 Å². The summed E-state index contributed by atoms with van der Waals surface area (Å²) in [5.41, 5.74) is 1.86. The zero-order valence-corrected chi connectivity index (χ0v) is 17.2. The Labute approximate surface area is 166 Å². The van der Waals surface area contributed by atoms with E-state index in [0.29, 0.717) is 28.5 Å². The van der Waals surface area contributed by atoms with Crippen LogP contribution in [0.3, 0.4) is 0 Å². The number of fused-ring (bicyclic) bond motifs is 5.